The van der Waals surface area contributed by atoms with E-state index in [4.69, 9.17) is 23.2 Å². The van der Waals surface area contributed by atoms with Gasteiger partial charge in [0.25, 0.3) is 11.7 Å². The van der Waals surface area contributed by atoms with Gasteiger partial charge in [0.1, 0.15) is 6.20 Å². The molecule has 0 fully saturated rings. The van der Waals surface area contributed by atoms with Gasteiger partial charge in [-0.25, -0.2) is 9.13 Å². The first-order valence-corrected chi connectivity index (χ1v) is 9.70. The van der Waals surface area contributed by atoms with Crippen molar-refractivity contribution in [1.29, 1.82) is 0 Å². The molecular formula is C21H20BrCl2N3O. The molecule has 1 amide bonds. The van der Waals surface area contributed by atoms with Crippen molar-refractivity contribution in [3.8, 4) is 11.3 Å². The van der Waals surface area contributed by atoms with Crippen molar-refractivity contribution < 1.29 is 26.3 Å². The molecule has 1 aliphatic rings. The molecule has 0 radical (unpaired) electrons. The van der Waals surface area contributed by atoms with Gasteiger partial charge in [-0.3, -0.25) is 4.79 Å². The Bertz CT molecular complexity index is 1020. The van der Waals surface area contributed by atoms with Crippen LogP contribution in [0.15, 0.2) is 48.7 Å². The van der Waals surface area contributed by atoms with Crippen molar-refractivity contribution in [2.75, 3.05) is 5.32 Å². The summed E-state index contributed by atoms with van der Waals surface area (Å²) in [6, 6.07) is 13.5. The molecule has 0 unspecified atom stereocenters. The minimum atomic E-state index is -0.0372. The van der Waals surface area contributed by atoms with Crippen LogP contribution in [-0.4, -0.2) is 10.5 Å². The van der Waals surface area contributed by atoms with Gasteiger partial charge in [0.15, 0.2) is 12.2 Å². The molecule has 0 bridgehead atoms. The molecule has 0 saturated heterocycles. The monoisotopic (exact) mass is 479 g/mol. The third-order valence-corrected chi connectivity index (χ3v) is 5.60. The Balaban J connectivity index is 0.00000225. The predicted octanol–water partition coefficient (Wildman–Crippen LogP) is 1.65. The van der Waals surface area contributed by atoms with E-state index in [1.165, 1.54) is 5.56 Å². The van der Waals surface area contributed by atoms with Crippen LogP contribution in [0.3, 0.4) is 0 Å². The van der Waals surface area contributed by atoms with E-state index in [1.54, 1.807) is 0 Å². The van der Waals surface area contributed by atoms with Crippen molar-refractivity contribution >= 4 is 34.8 Å². The molecule has 0 atom stereocenters. The number of aryl methyl sites for hydroxylation is 1. The second-order valence-electron chi connectivity index (χ2n) is 6.86. The highest BCUT2D eigenvalue weighted by molar-refractivity contribution is 6.42. The lowest BCUT2D eigenvalue weighted by atomic mass is 10.1. The molecular weight excluding hydrogens is 461 g/mol. The molecule has 1 aromatic heterocycles. The first kappa shape index (κ1) is 20.9. The van der Waals surface area contributed by atoms with Gasteiger partial charge in [-0.05, 0) is 43.7 Å². The maximum Gasteiger partial charge on any atom is 0.266 e. The van der Waals surface area contributed by atoms with Gasteiger partial charge in [0, 0.05) is 11.3 Å². The minimum Gasteiger partial charge on any atom is -1.00 e. The van der Waals surface area contributed by atoms with Crippen LogP contribution in [0.4, 0.5) is 5.69 Å². The molecule has 3 aromatic rings. The highest BCUT2D eigenvalue weighted by Crippen LogP contribution is 2.30. The van der Waals surface area contributed by atoms with Crippen LogP contribution in [0.1, 0.15) is 17.8 Å². The van der Waals surface area contributed by atoms with Crippen LogP contribution in [0.25, 0.3) is 11.3 Å². The Kier molecular flexibility index (Phi) is 6.48. The molecule has 4 nitrogen and oxygen atoms in total. The third kappa shape index (κ3) is 4.27. The standard InChI is InChI=1S/C21H19Cl2N3O.BrH/c1-14-4-7-16(8-5-14)24-20(27)13-25-12-19(26-10-2-3-21(25)26)15-6-9-17(22)18(23)11-15;/h4-9,11-12H,2-3,10,13H2,1H3;1H. The zero-order valence-corrected chi connectivity index (χ0v) is 18.5. The number of nitrogens with one attached hydrogen (secondary N) is 1. The van der Waals surface area contributed by atoms with E-state index in [2.05, 4.69) is 9.88 Å². The average molecular weight is 481 g/mol. The fraction of sp³-hybridized carbons (Fsp3) is 0.238. The smallest absolute Gasteiger partial charge is 0.266 e. The zero-order valence-electron chi connectivity index (χ0n) is 15.4. The molecule has 1 N–H and O–H groups in total. The summed E-state index contributed by atoms with van der Waals surface area (Å²) in [6.45, 7) is 3.25. The van der Waals surface area contributed by atoms with E-state index in [0.29, 0.717) is 10.0 Å². The van der Waals surface area contributed by atoms with Crippen molar-refractivity contribution in [3.05, 3.63) is 70.1 Å². The first-order valence-electron chi connectivity index (χ1n) is 8.95. The van der Waals surface area contributed by atoms with E-state index >= 15 is 0 Å². The summed E-state index contributed by atoms with van der Waals surface area (Å²) < 4.78 is 4.30. The fourth-order valence-electron chi connectivity index (χ4n) is 3.52. The number of halogens is 3. The first-order chi connectivity index (χ1) is 13.0. The summed E-state index contributed by atoms with van der Waals surface area (Å²) in [5.41, 5.74) is 4.04. The summed E-state index contributed by atoms with van der Waals surface area (Å²) in [7, 11) is 0. The highest BCUT2D eigenvalue weighted by atomic mass is 79.9. The molecule has 146 valence electrons. The number of amides is 1. The number of nitrogens with zero attached hydrogens (tertiary/aromatic N) is 2. The van der Waals surface area contributed by atoms with Crippen molar-refractivity contribution in [2.45, 2.75) is 32.9 Å². The lowest BCUT2D eigenvalue weighted by Crippen LogP contribution is -3.00. The summed E-state index contributed by atoms with van der Waals surface area (Å²) in [5, 5.41) is 4.04. The molecule has 7 heteroatoms. The summed E-state index contributed by atoms with van der Waals surface area (Å²) in [6.07, 6.45) is 4.06. The van der Waals surface area contributed by atoms with Gasteiger partial charge >= 0.3 is 0 Å². The van der Waals surface area contributed by atoms with Crippen LogP contribution in [0, 0.1) is 6.92 Å². The van der Waals surface area contributed by atoms with Crippen molar-refractivity contribution in [3.63, 3.8) is 0 Å². The van der Waals surface area contributed by atoms with Gasteiger partial charge in [-0.2, -0.15) is 0 Å². The Hall–Kier alpha value is -1.82. The van der Waals surface area contributed by atoms with E-state index in [-0.39, 0.29) is 29.4 Å². The number of rotatable bonds is 4. The maximum absolute atomic E-state index is 12.5. The molecule has 2 heterocycles. The Morgan fingerprint density at radius 2 is 1.89 bits per heavy atom. The summed E-state index contributed by atoms with van der Waals surface area (Å²) in [4.78, 5) is 12.5. The number of imidazole rings is 1. The van der Waals surface area contributed by atoms with E-state index < -0.39 is 0 Å². The summed E-state index contributed by atoms with van der Waals surface area (Å²) >= 11 is 12.2. The van der Waals surface area contributed by atoms with Crippen LogP contribution in [0.2, 0.25) is 10.0 Å². The third-order valence-electron chi connectivity index (χ3n) is 4.86. The quantitative estimate of drug-likeness (QED) is 0.566. The lowest BCUT2D eigenvalue weighted by Gasteiger charge is -2.04. The zero-order chi connectivity index (χ0) is 19.0. The van der Waals surface area contributed by atoms with Crippen molar-refractivity contribution in [2.24, 2.45) is 0 Å². The molecule has 2 aromatic carbocycles. The number of carbonyl (C=O) groups excluding carboxylic acids is 1. The Labute approximate surface area is 184 Å². The van der Waals surface area contributed by atoms with Gasteiger partial charge in [-0.15, -0.1) is 0 Å². The van der Waals surface area contributed by atoms with Gasteiger partial charge in [0.2, 0.25) is 0 Å². The Morgan fingerprint density at radius 3 is 2.61 bits per heavy atom. The summed E-state index contributed by atoms with van der Waals surface area (Å²) in [5.74, 6) is 1.12. The number of carbonyl (C=O) groups is 1. The molecule has 1 aliphatic heterocycles. The molecule has 28 heavy (non-hydrogen) atoms. The van der Waals surface area contributed by atoms with Crippen LogP contribution in [-0.2, 0) is 24.3 Å². The highest BCUT2D eigenvalue weighted by Gasteiger charge is 2.29. The number of aromatic nitrogens is 2. The molecule has 0 aliphatic carbocycles. The van der Waals surface area contributed by atoms with Crippen molar-refractivity contribution in [1.82, 2.24) is 4.57 Å². The number of hydrogen-bond acceptors (Lipinski definition) is 1. The van der Waals surface area contributed by atoms with Gasteiger partial charge in [0.05, 0.1) is 23.0 Å². The topological polar surface area (TPSA) is 37.9 Å². The van der Waals surface area contributed by atoms with Gasteiger partial charge < -0.3 is 22.3 Å². The minimum absolute atomic E-state index is 0. The SMILES string of the molecule is Cc1ccc(NC(=O)C[n+]2cc(-c3ccc(Cl)c(Cl)c3)n3c2CCC3)cc1.[Br-]. The number of hydrogen-bond donors (Lipinski definition) is 1. The number of anilines is 1. The fourth-order valence-corrected chi connectivity index (χ4v) is 3.82. The van der Waals surface area contributed by atoms with E-state index in [0.717, 1.165) is 42.2 Å². The van der Waals surface area contributed by atoms with Crippen LogP contribution < -0.4 is 26.9 Å². The van der Waals surface area contributed by atoms with Gasteiger partial charge in [-0.1, -0.05) is 40.9 Å². The normalized spacial score (nSPS) is 12.4. The number of benzene rings is 2. The predicted molar refractivity (Wildman–Crippen MR) is 108 cm³/mol. The molecule has 0 spiro atoms. The van der Waals surface area contributed by atoms with Crippen LogP contribution >= 0.6 is 23.2 Å². The molecule has 0 saturated carbocycles. The number of fused-ring (bicyclic) bond motifs is 1. The second kappa shape index (κ2) is 8.68. The van der Waals surface area contributed by atoms with E-state index in [9.17, 15) is 4.79 Å². The maximum atomic E-state index is 12.5. The van der Waals surface area contributed by atoms with Crippen LogP contribution in [0.5, 0.6) is 0 Å². The molecule has 4 rings (SSSR count). The second-order valence-corrected chi connectivity index (χ2v) is 7.67. The van der Waals surface area contributed by atoms with E-state index in [1.807, 2.05) is 60.2 Å². The average Bonchev–Trinajstić information content (AvgIpc) is 3.23. The Morgan fingerprint density at radius 1 is 1.14 bits per heavy atom. The lowest BCUT2D eigenvalue weighted by molar-refractivity contribution is -0.690. The largest absolute Gasteiger partial charge is 1.00 e.